The Kier molecular flexibility index (Phi) is 7.55. The van der Waals surface area contributed by atoms with Crippen LogP contribution in [-0.4, -0.2) is 81.3 Å². The second-order valence-electron chi connectivity index (χ2n) is 13.2. The Balaban J connectivity index is 0.000000258. The lowest BCUT2D eigenvalue weighted by atomic mass is 9.40. The van der Waals surface area contributed by atoms with E-state index in [0.29, 0.717) is 24.0 Å². The molecule has 3 heterocycles. The maximum atomic E-state index is 13.6. The normalized spacial score (nSPS) is 39.0. The highest BCUT2D eigenvalue weighted by Gasteiger charge is 2.81. The number of aliphatic hydroxyl groups is 3. The van der Waals surface area contributed by atoms with Gasteiger partial charge in [-0.1, -0.05) is 26.8 Å². The van der Waals surface area contributed by atoms with E-state index in [4.69, 9.17) is 9.47 Å². The quantitative estimate of drug-likeness (QED) is 0.283. The molecule has 2 aromatic heterocycles. The van der Waals surface area contributed by atoms with Crippen molar-refractivity contribution in [3.05, 3.63) is 39.8 Å². The smallest absolute Gasteiger partial charge is 0.332 e. The van der Waals surface area contributed by atoms with Crippen molar-refractivity contribution in [2.24, 2.45) is 30.8 Å². The number of aliphatic hydroxyl groups excluding tert-OH is 2. The first-order valence-corrected chi connectivity index (χ1v) is 14.0. The summed E-state index contributed by atoms with van der Waals surface area (Å²) in [6.45, 7) is 13.6. The Morgan fingerprint density at radius 1 is 1.17 bits per heavy atom. The molecule has 4 N–H and O–H groups in total. The fraction of sp³-hybridized carbons (Fsp3) is 0.690. The largest absolute Gasteiger partial charge is 0.457 e. The fourth-order valence-corrected chi connectivity index (χ4v) is 7.93. The van der Waals surface area contributed by atoms with Crippen LogP contribution >= 0.6 is 0 Å². The van der Waals surface area contributed by atoms with Crippen LogP contribution in [0.1, 0.15) is 60.8 Å². The van der Waals surface area contributed by atoms with E-state index in [0.717, 1.165) is 4.57 Å². The summed E-state index contributed by atoms with van der Waals surface area (Å²) in [5.74, 6) is -1.87. The SMILES string of the molecule is C=C[C@@]1(C)CC(=O)[C@]2(O)[C@@]3(C)[C@@H](O)CCC(C)(C)[C@@H]3[C@H](O)[C@H](OC(C)=O)[C@@]2(C)O1.Cn1c(=O)c2[nH]cnc2n(C)c1=O. The first kappa shape index (κ1) is 31.8. The predicted octanol–water partition coefficient (Wildman–Crippen LogP) is 0.480. The zero-order valence-corrected chi connectivity index (χ0v) is 25.4. The Morgan fingerprint density at radius 2 is 1.79 bits per heavy atom. The van der Waals surface area contributed by atoms with Gasteiger partial charge < -0.3 is 29.8 Å². The van der Waals surface area contributed by atoms with Gasteiger partial charge in [0.1, 0.15) is 11.1 Å². The van der Waals surface area contributed by atoms with E-state index in [1.807, 2.05) is 13.8 Å². The second kappa shape index (κ2) is 9.97. The standard InChI is InChI=1S/C22H34O7.C7H8N4O2/c1-8-19(5)11-14(25)22(27)20(6)13(24)9-10-18(3,4)16(20)15(26)17(28-12(2)23)21(22,7)29-19;1-10-5-4(8-3-9-5)6(12)11(2)7(10)13/h8,13,15-17,24,26-27H,1,9-11H2,2-7H3;3H,1-2H3,(H,8,9)/t13-,15-,16-,17-,19-,20-,21+,22-;/m0./s1. The number of nitrogens with zero attached hydrogens (tertiary/aromatic N) is 3. The van der Waals surface area contributed by atoms with E-state index in [1.54, 1.807) is 20.9 Å². The van der Waals surface area contributed by atoms with Crippen molar-refractivity contribution < 1.29 is 34.4 Å². The van der Waals surface area contributed by atoms with Gasteiger partial charge >= 0.3 is 11.7 Å². The van der Waals surface area contributed by atoms with Crippen molar-refractivity contribution >= 4 is 22.9 Å². The Labute approximate surface area is 243 Å². The number of H-pyrrole nitrogens is 1. The third-order valence-electron chi connectivity index (χ3n) is 10.0. The first-order chi connectivity index (χ1) is 19.2. The topological polar surface area (TPSA) is 186 Å². The molecule has 5 rings (SSSR count). The van der Waals surface area contributed by atoms with Gasteiger partial charge in [-0.05, 0) is 32.1 Å². The van der Waals surface area contributed by atoms with Gasteiger partial charge in [0.15, 0.2) is 23.1 Å². The third-order valence-corrected chi connectivity index (χ3v) is 10.0. The average Bonchev–Trinajstić information content (AvgIpc) is 3.40. The number of carbonyl (C=O) groups excluding carboxylic acids is 2. The lowest BCUT2D eigenvalue weighted by molar-refractivity contribution is -0.370. The van der Waals surface area contributed by atoms with Gasteiger partial charge in [0.25, 0.3) is 5.56 Å². The van der Waals surface area contributed by atoms with Gasteiger partial charge in [-0.15, -0.1) is 6.58 Å². The van der Waals surface area contributed by atoms with Gasteiger partial charge in [-0.25, -0.2) is 9.78 Å². The minimum atomic E-state index is -2.18. The highest BCUT2D eigenvalue weighted by molar-refractivity contribution is 5.92. The lowest BCUT2D eigenvalue weighted by Crippen LogP contribution is -2.86. The summed E-state index contributed by atoms with van der Waals surface area (Å²) in [5, 5.41) is 34.7. The van der Waals surface area contributed by atoms with Crippen LogP contribution in [0.2, 0.25) is 0 Å². The van der Waals surface area contributed by atoms with Gasteiger partial charge in [0.05, 0.1) is 24.1 Å². The molecule has 0 bridgehead atoms. The van der Waals surface area contributed by atoms with Crippen LogP contribution in [0, 0.1) is 16.7 Å². The number of aryl methyl sites for hydroxylation is 1. The molecule has 1 saturated heterocycles. The highest BCUT2D eigenvalue weighted by atomic mass is 16.6. The zero-order valence-electron chi connectivity index (χ0n) is 25.4. The molecule has 2 saturated carbocycles. The number of imidazole rings is 1. The number of aromatic nitrogens is 4. The number of fused-ring (bicyclic) bond motifs is 4. The molecule has 2 aliphatic carbocycles. The molecule has 0 amide bonds. The van der Waals surface area contributed by atoms with Crippen molar-refractivity contribution in [2.75, 3.05) is 0 Å². The summed E-state index contributed by atoms with van der Waals surface area (Å²) in [7, 11) is 3.01. The van der Waals surface area contributed by atoms with E-state index in [1.165, 1.54) is 37.9 Å². The highest BCUT2D eigenvalue weighted by Crippen LogP contribution is 2.67. The van der Waals surface area contributed by atoms with Gasteiger partial charge in [-0.3, -0.25) is 23.5 Å². The van der Waals surface area contributed by atoms with Gasteiger partial charge in [-0.2, -0.15) is 0 Å². The fourth-order valence-electron chi connectivity index (χ4n) is 7.93. The molecule has 13 heteroatoms. The maximum Gasteiger partial charge on any atom is 0.332 e. The zero-order chi connectivity index (χ0) is 31.8. The number of hydrogen-bond acceptors (Lipinski definition) is 10. The monoisotopic (exact) mass is 590 g/mol. The number of nitrogens with one attached hydrogen (secondary N) is 1. The number of esters is 1. The summed E-state index contributed by atoms with van der Waals surface area (Å²) in [6.07, 6.45) is 0.100. The first-order valence-electron chi connectivity index (χ1n) is 14.0. The maximum absolute atomic E-state index is 13.6. The number of rotatable bonds is 2. The van der Waals surface area contributed by atoms with Gasteiger partial charge in [0, 0.05) is 38.8 Å². The average molecular weight is 591 g/mol. The van der Waals surface area contributed by atoms with E-state index >= 15 is 0 Å². The van der Waals surface area contributed by atoms with Crippen LogP contribution in [0.5, 0.6) is 0 Å². The molecule has 0 radical (unpaired) electrons. The molecule has 0 unspecified atom stereocenters. The molecule has 1 aliphatic heterocycles. The number of ether oxygens (including phenoxy) is 2. The molecule has 0 aromatic carbocycles. The van der Waals surface area contributed by atoms with Crippen molar-refractivity contribution in [2.45, 2.75) is 95.9 Å². The predicted molar refractivity (Wildman–Crippen MR) is 151 cm³/mol. The van der Waals surface area contributed by atoms with Crippen molar-refractivity contribution in [3.8, 4) is 0 Å². The van der Waals surface area contributed by atoms with E-state index in [9.17, 15) is 34.5 Å². The van der Waals surface area contributed by atoms with Crippen LogP contribution < -0.4 is 11.2 Å². The molecule has 0 spiro atoms. The molecule has 232 valence electrons. The molecule has 8 atom stereocenters. The van der Waals surface area contributed by atoms with Crippen molar-refractivity contribution in [3.63, 3.8) is 0 Å². The van der Waals surface area contributed by atoms with Crippen LogP contribution in [0.15, 0.2) is 28.6 Å². The van der Waals surface area contributed by atoms with E-state index in [-0.39, 0.29) is 17.7 Å². The van der Waals surface area contributed by atoms with E-state index in [2.05, 4.69) is 16.5 Å². The number of Topliss-reactive ketones (excluding diaryl/α,β-unsaturated/α-hetero) is 1. The second-order valence-corrected chi connectivity index (χ2v) is 13.2. The summed E-state index contributed by atoms with van der Waals surface area (Å²) in [6, 6.07) is 0. The Hall–Kier alpha value is -3.13. The van der Waals surface area contributed by atoms with Crippen LogP contribution in [0.4, 0.5) is 0 Å². The number of carbonyl (C=O) groups is 2. The van der Waals surface area contributed by atoms with Crippen LogP contribution in [-0.2, 0) is 33.2 Å². The minimum absolute atomic E-state index is 0.138. The molecule has 3 aliphatic rings. The van der Waals surface area contributed by atoms with Crippen LogP contribution in [0.3, 0.4) is 0 Å². The van der Waals surface area contributed by atoms with Crippen molar-refractivity contribution in [1.82, 2.24) is 19.1 Å². The Morgan fingerprint density at radius 3 is 2.36 bits per heavy atom. The molecule has 2 aromatic rings. The molecule has 13 nitrogen and oxygen atoms in total. The number of hydrogen-bond donors (Lipinski definition) is 4. The summed E-state index contributed by atoms with van der Waals surface area (Å²) in [5.41, 5.74) is -6.99. The third kappa shape index (κ3) is 4.15. The minimum Gasteiger partial charge on any atom is -0.457 e. The Bertz CT molecular complexity index is 1560. The summed E-state index contributed by atoms with van der Waals surface area (Å²) in [4.78, 5) is 54.9. The molecule has 3 fully saturated rings. The number of ketones is 1. The van der Waals surface area contributed by atoms with Crippen LogP contribution in [0.25, 0.3) is 11.2 Å². The molecule has 42 heavy (non-hydrogen) atoms. The lowest BCUT2D eigenvalue weighted by Gasteiger charge is -2.71. The molecular formula is C29H42N4O9. The number of aromatic amines is 1. The van der Waals surface area contributed by atoms with Gasteiger partial charge in [0.2, 0.25) is 0 Å². The van der Waals surface area contributed by atoms with E-state index < -0.39 is 63.6 Å². The molecular weight excluding hydrogens is 548 g/mol. The summed E-state index contributed by atoms with van der Waals surface area (Å²) < 4.78 is 14.1. The van der Waals surface area contributed by atoms with Crippen molar-refractivity contribution in [1.29, 1.82) is 0 Å². The summed E-state index contributed by atoms with van der Waals surface area (Å²) >= 11 is 0.